The molecule has 0 radical (unpaired) electrons. The third-order valence-corrected chi connectivity index (χ3v) is 6.69. The Morgan fingerprint density at radius 1 is 1.23 bits per heavy atom. The van der Waals surface area contributed by atoms with Crippen LogP contribution in [0.2, 0.25) is 0 Å². The van der Waals surface area contributed by atoms with Crippen molar-refractivity contribution in [2.45, 2.75) is 50.4 Å². The molecule has 5 rings (SSSR count). The largest absolute Gasteiger partial charge is 0.507 e. The van der Waals surface area contributed by atoms with Crippen LogP contribution >= 0.6 is 0 Å². The van der Waals surface area contributed by atoms with Gasteiger partial charge < -0.3 is 10.4 Å². The Morgan fingerprint density at radius 2 is 2.00 bits per heavy atom. The van der Waals surface area contributed by atoms with Crippen LogP contribution in [0.1, 0.15) is 38.9 Å². The summed E-state index contributed by atoms with van der Waals surface area (Å²) < 4.78 is 17.0. The molecule has 0 spiro atoms. The molecule has 0 unspecified atom stereocenters. The smallest absolute Gasteiger partial charge is 0.177 e. The molecule has 9 heteroatoms. The molecule has 3 aromatic rings. The maximum Gasteiger partial charge on any atom is 0.177 e. The highest BCUT2D eigenvalue weighted by Gasteiger charge is 2.56. The Hall–Kier alpha value is -3.20. The Morgan fingerprint density at radius 3 is 2.68 bits per heavy atom. The molecule has 2 bridgehead atoms. The third-order valence-electron chi connectivity index (χ3n) is 6.69. The van der Waals surface area contributed by atoms with Gasteiger partial charge in [0.05, 0.1) is 11.9 Å². The molecule has 0 aliphatic carbocycles. The lowest BCUT2D eigenvalue weighted by atomic mass is 9.75. The minimum absolute atomic E-state index is 0.0356. The number of allylic oxidation sites excluding steroid dienone is 1. The van der Waals surface area contributed by atoms with E-state index in [1.165, 1.54) is 6.20 Å². The predicted molar refractivity (Wildman–Crippen MR) is 113 cm³/mol. The Balaban J connectivity index is 1.39. The van der Waals surface area contributed by atoms with Gasteiger partial charge in [-0.05, 0) is 50.8 Å². The van der Waals surface area contributed by atoms with E-state index in [2.05, 4.69) is 44.2 Å². The first-order chi connectivity index (χ1) is 14.8. The van der Waals surface area contributed by atoms with Crippen LogP contribution in [0, 0.1) is 5.92 Å². The van der Waals surface area contributed by atoms with Crippen LogP contribution in [0.3, 0.4) is 0 Å². The lowest BCUT2D eigenvalue weighted by molar-refractivity contribution is 0.0769. The fourth-order valence-electron chi connectivity index (χ4n) is 4.99. The number of aromatic nitrogens is 6. The number of phenols is 1. The maximum absolute atomic E-state index is 15.3. The number of aromatic hydroxyl groups is 1. The number of alkyl halides is 1. The molecule has 2 N–H and O–H groups in total. The van der Waals surface area contributed by atoms with Crippen LogP contribution in [-0.4, -0.2) is 52.3 Å². The number of fused-ring (bicyclic) bond motifs is 2. The molecule has 0 amide bonds. The van der Waals surface area contributed by atoms with Crippen molar-refractivity contribution in [3.63, 3.8) is 0 Å². The molecule has 160 valence electrons. The van der Waals surface area contributed by atoms with E-state index in [0.29, 0.717) is 34.8 Å². The highest BCUT2D eigenvalue weighted by Crippen LogP contribution is 2.49. The van der Waals surface area contributed by atoms with Crippen molar-refractivity contribution in [1.82, 2.24) is 35.3 Å². The number of hydrogen-bond acceptors (Lipinski definition) is 7. The number of phenolic OH excluding ortho intramolecular Hbond substituents is 1. The second-order valence-corrected chi connectivity index (χ2v) is 9.08. The van der Waals surface area contributed by atoms with Crippen molar-refractivity contribution < 1.29 is 9.50 Å². The highest BCUT2D eigenvalue weighted by atomic mass is 19.1. The summed E-state index contributed by atoms with van der Waals surface area (Å²) in [6, 6.07) is 5.13. The van der Waals surface area contributed by atoms with E-state index in [9.17, 15) is 5.11 Å². The van der Waals surface area contributed by atoms with E-state index in [4.69, 9.17) is 0 Å². The summed E-state index contributed by atoms with van der Waals surface area (Å²) in [6.45, 7) is 8.20. The van der Waals surface area contributed by atoms with Crippen molar-refractivity contribution in [2.24, 2.45) is 5.92 Å². The van der Waals surface area contributed by atoms with Crippen LogP contribution in [0.25, 0.3) is 22.5 Å². The first kappa shape index (κ1) is 19.7. The second kappa shape index (κ2) is 6.91. The topological polar surface area (TPSA) is 102 Å². The molecule has 4 heterocycles. The molecule has 0 saturated carbocycles. The number of nitrogens with zero attached hydrogens (tertiary/aromatic N) is 6. The molecule has 31 heavy (non-hydrogen) atoms. The molecule has 8 nitrogen and oxygen atoms in total. The Bertz CT molecular complexity index is 1130. The van der Waals surface area contributed by atoms with Gasteiger partial charge in [0.25, 0.3) is 0 Å². The van der Waals surface area contributed by atoms with Crippen LogP contribution in [0.4, 0.5) is 4.39 Å². The zero-order valence-corrected chi connectivity index (χ0v) is 17.5. The van der Waals surface area contributed by atoms with Crippen molar-refractivity contribution in [1.29, 1.82) is 0 Å². The summed E-state index contributed by atoms with van der Waals surface area (Å²) >= 11 is 0. The summed E-state index contributed by atoms with van der Waals surface area (Å²) in [5.74, 6) is 0.0156. The van der Waals surface area contributed by atoms with Crippen LogP contribution in [0.15, 0.2) is 43.6 Å². The summed E-state index contributed by atoms with van der Waals surface area (Å²) in [4.78, 5) is 4.40. The molecule has 4 atom stereocenters. The molecule has 2 aromatic heterocycles. The molecule has 1 aromatic carbocycles. The van der Waals surface area contributed by atoms with Crippen molar-refractivity contribution in [2.75, 3.05) is 0 Å². The summed E-state index contributed by atoms with van der Waals surface area (Å²) in [7, 11) is 0. The molecular weight excluding hydrogens is 397 g/mol. The number of piperidine rings is 1. The van der Waals surface area contributed by atoms with E-state index in [-0.39, 0.29) is 17.2 Å². The number of hydrogen-bond donors (Lipinski definition) is 2. The monoisotopic (exact) mass is 421 g/mol. The maximum atomic E-state index is 15.3. The van der Waals surface area contributed by atoms with Crippen molar-refractivity contribution >= 4 is 5.57 Å². The second-order valence-electron chi connectivity index (χ2n) is 9.08. The lowest BCUT2D eigenvalue weighted by Gasteiger charge is -2.45. The Labute approximate surface area is 179 Å². The van der Waals surface area contributed by atoms with E-state index in [1.807, 2.05) is 13.0 Å². The van der Waals surface area contributed by atoms with E-state index >= 15 is 4.39 Å². The van der Waals surface area contributed by atoms with Gasteiger partial charge in [0.2, 0.25) is 0 Å². The van der Waals surface area contributed by atoms with Gasteiger partial charge in [0, 0.05) is 28.6 Å². The molecule has 2 aliphatic heterocycles. The van der Waals surface area contributed by atoms with Gasteiger partial charge in [-0.25, -0.2) is 9.37 Å². The average Bonchev–Trinajstić information content (AvgIpc) is 3.38. The lowest BCUT2D eigenvalue weighted by Crippen LogP contribution is -2.60. The van der Waals surface area contributed by atoms with Crippen molar-refractivity contribution in [3.8, 4) is 22.7 Å². The SMILES string of the molecule is C=C(c1ncc(-c2ccc(-n3cnnc3)cc2O)nn1)[C@H]1C[C@]2(C)CC[C@@](C)(N2)[C@H]1F. The fourth-order valence-corrected chi connectivity index (χ4v) is 4.99. The molecular formula is C22H24FN7O. The van der Waals surface area contributed by atoms with E-state index in [1.54, 1.807) is 29.4 Å². The van der Waals surface area contributed by atoms with Gasteiger partial charge in [-0.15, -0.1) is 20.4 Å². The number of benzene rings is 1. The first-order valence-electron chi connectivity index (χ1n) is 10.3. The molecule has 2 aliphatic rings. The molecule has 2 saturated heterocycles. The third kappa shape index (κ3) is 3.29. The minimum Gasteiger partial charge on any atom is -0.507 e. The average molecular weight is 421 g/mol. The zero-order chi connectivity index (χ0) is 21.8. The van der Waals surface area contributed by atoms with Gasteiger partial charge in [-0.3, -0.25) is 4.57 Å². The van der Waals surface area contributed by atoms with Gasteiger partial charge in [0.1, 0.15) is 30.3 Å². The first-order valence-corrected chi connectivity index (χ1v) is 10.3. The standard InChI is InChI=1S/C22H24FN7O/c1-13(16-9-21(2)6-7-22(3,29-21)19(16)23)20-24-10-17(27-28-20)15-5-4-14(8-18(15)31)30-11-25-26-12-30/h4-5,8,10-12,16,19,29,31H,1,6-7,9H2,2-3H3/t16-,19+,21+,22-/m1/s1. The molecule has 2 fully saturated rings. The van der Waals surface area contributed by atoms with Crippen LogP contribution in [-0.2, 0) is 0 Å². The van der Waals surface area contributed by atoms with Crippen LogP contribution in [0.5, 0.6) is 5.75 Å². The van der Waals surface area contributed by atoms with E-state index in [0.717, 1.165) is 12.8 Å². The predicted octanol–water partition coefficient (Wildman–Crippen LogP) is 3.10. The highest BCUT2D eigenvalue weighted by molar-refractivity contribution is 5.68. The van der Waals surface area contributed by atoms with E-state index < -0.39 is 11.7 Å². The summed E-state index contributed by atoms with van der Waals surface area (Å²) in [6.07, 6.45) is 5.96. The zero-order valence-electron chi connectivity index (χ0n) is 17.5. The van der Waals surface area contributed by atoms with Gasteiger partial charge in [0.15, 0.2) is 5.82 Å². The minimum atomic E-state index is -1.06. The summed E-state index contributed by atoms with van der Waals surface area (Å²) in [5.41, 5.74) is 1.55. The van der Waals surface area contributed by atoms with Crippen LogP contribution < -0.4 is 5.32 Å². The fraction of sp³-hybridized carbons (Fsp3) is 0.409. The quantitative estimate of drug-likeness (QED) is 0.667. The number of nitrogens with one attached hydrogen (secondary N) is 1. The Kier molecular flexibility index (Phi) is 4.40. The van der Waals surface area contributed by atoms with Gasteiger partial charge >= 0.3 is 0 Å². The van der Waals surface area contributed by atoms with Crippen molar-refractivity contribution in [3.05, 3.63) is 49.5 Å². The normalized spacial score (nSPS) is 29.8. The summed E-state index contributed by atoms with van der Waals surface area (Å²) in [5, 5.41) is 29.9. The number of rotatable bonds is 4. The van der Waals surface area contributed by atoms with Gasteiger partial charge in [-0.2, -0.15) is 0 Å². The van der Waals surface area contributed by atoms with Gasteiger partial charge in [-0.1, -0.05) is 6.58 Å². The number of halogens is 1.